The van der Waals surface area contributed by atoms with E-state index in [1.807, 2.05) is 24.4 Å². The number of aromatic amines is 1. The van der Waals surface area contributed by atoms with Crippen LogP contribution in [0.2, 0.25) is 0 Å². The Morgan fingerprint density at radius 1 is 1.17 bits per heavy atom. The molecule has 1 heterocycles. The maximum Gasteiger partial charge on any atom is 0.231 e. The summed E-state index contributed by atoms with van der Waals surface area (Å²) in [5.74, 6) is 0.142. The first-order valence-electron chi connectivity index (χ1n) is 8.09. The summed E-state index contributed by atoms with van der Waals surface area (Å²) in [5, 5.41) is 4.29. The van der Waals surface area contributed by atoms with Gasteiger partial charge in [-0.25, -0.2) is 0 Å². The van der Waals surface area contributed by atoms with Crippen molar-refractivity contribution >= 4 is 16.8 Å². The third-order valence-electron chi connectivity index (χ3n) is 4.83. The van der Waals surface area contributed by atoms with Gasteiger partial charge in [-0.2, -0.15) is 0 Å². The van der Waals surface area contributed by atoms with E-state index in [1.165, 1.54) is 5.56 Å². The molecular formula is C20H20N2O. The Hall–Kier alpha value is -2.55. The van der Waals surface area contributed by atoms with Crippen molar-refractivity contribution in [2.75, 3.05) is 0 Å². The highest BCUT2D eigenvalue weighted by molar-refractivity contribution is 5.97. The monoisotopic (exact) mass is 304 g/mol. The van der Waals surface area contributed by atoms with Crippen LogP contribution >= 0.6 is 0 Å². The lowest BCUT2D eigenvalue weighted by atomic mass is 9.94. The van der Waals surface area contributed by atoms with E-state index in [2.05, 4.69) is 47.6 Å². The van der Waals surface area contributed by atoms with Crippen LogP contribution in [-0.2, 0) is 16.8 Å². The molecule has 1 fully saturated rings. The number of H-pyrrole nitrogens is 1. The van der Waals surface area contributed by atoms with Crippen LogP contribution in [0.15, 0.2) is 54.7 Å². The minimum absolute atomic E-state index is 0.142. The summed E-state index contributed by atoms with van der Waals surface area (Å²) in [6, 6.07) is 16.5. The zero-order valence-corrected chi connectivity index (χ0v) is 13.2. The predicted octanol–water partition coefficient (Wildman–Crippen LogP) is 3.82. The second-order valence-corrected chi connectivity index (χ2v) is 6.50. The molecule has 1 saturated carbocycles. The number of benzene rings is 2. The van der Waals surface area contributed by atoms with Gasteiger partial charge in [0.25, 0.3) is 0 Å². The fraction of sp³-hybridized carbons (Fsp3) is 0.250. The molecule has 1 amide bonds. The lowest BCUT2D eigenvalue weighted by Gasteiger charge is -2.15. The number of rotatable bonds is 4. The van der Waals surface area contributed by atoms with Gasteiger partial charge in [0.15, 0.2) is 0 Å². The van der Waals surface area contributed by atoms with E-state index < -0.39 is 0 Å². The van der Waals surface area contributed by atoms with Gasteiger partial charge in [0.1, 0.15) is 0 Å². The van der Waals surface area contributed by atoms with Crippen LogP contribution in [0.4, 0.5) is 0 Å². The molecule has 0 bridgehead atoms. The molecule has 3 heteroatoms. The van der Waals surface area contributed by atoms with E-state index >= 15 is 0 Å². The first-order chi connectivity index (χ1) is 11.2. The minimum Gasteiger partial charge on any atom is -0.361 e. The van der Waals surface area contributed by atoms with Gasteiger partial charge < -0.3 is 10.3 Å². The van der Waals surface area contributed by atoms with Gasteiger partial charge in [-0.15, -0.1) is 0 Å². The molecule has 4 rings (SSSR count). The van der Waals surface area contributed by atoms with E-state index in [-0.39, 0.29) is 11.3 Å². The molecule has 0 radical (unpaired) electrons. The number of para-hydroxylation sites is 1. The van der Waals surface area contributed by atoms with Crippen molar-refractivity contribution in [3.63, 3.8) is 0 Å². The van der Waals surface area contributed by atoms with Crippen LogP contribution in [0, 0.1) is 6.92 Å². The third-order valence-corrected chi connectivity index (χ3v) is 4.83. The van der Waals surface area contributed by atoms with Crippen molar-refractivity contribution in [3.8, 4) is 0 Å². The van der Waals surface area contributed by atoms with Crippen molar-refractivity contribution in [3.05, 3.63) is 71.4 Å². The highest BCUT2D eigenvalue weighted by Crippen LogP contribution is 2.50. The van der Waals surface area contributed by atoms with Crippen molar-refractivity contribution in [2.24, 2.45) is 0 Å². The topological polar surface area (TPSA) is 44.9 Å². The van der Waals surface area contributed by atoms with Crippen LogP contribution in [0.5, 0.6) is 0 Å². The normalized spacial score (nSPS) is 15.5. The van der Waals surface area contributed by atoms with Gasteiger partial charge in [-0.1, -0.05) is 48.0 Å². The summed E-state index contributed by atoms with van der Waals surface area (Å²) in [4.78, 5) is 16.1. The maximum absolute atomic E-state index is 12.8. The summed E-state index contributed by atoms with van der Waals surface area (Å²) in [6.45, 7) is 2.66. The quantitative estimate of drug-likeness (QED) is 0.756. The Morgan fingerprint density at radius 2 is 2.00 bits per heavy atom. The number of carbonyl (C=O) groups excluding carboxylic acids is 1. The number of carbonyl (C=O) groups is 1. The second-order valence-electron chi connectivity index (χ2n) is 6.50. The molecule has 1 aliphatic rings. The predicted molar refractivity (Wildman–Crippen MR) is 92.2 cm³/mol. The van der Waals surface area contributed by atoms with Crippen LogP contribution in [0.3, 0.4) is 0 Å². The van der Waals surface area contributed by atoms with Crippen molar-refractivity contribution in [1.29, 1.82) is 0 Å². The number of aryl methyl sites for hydroxylation is 1. The smallest absolute Gasteiger partial charge is 0.231 e. The summed E-state index contributed by atoms with van der Waals surface area (Å²) < 4.78 is 0. The molecule has 0 aliphatic heterocycles. The van der Waals surface area contributed by atoms with Gasteiger partial charge >= 0.3 is 0 Å². The molecule has 1 aromatic heterocycles. The van der Waals surface area contributed by atoms with Crippen LogP contribution in [0.25, 0.3) is 10.9 Å². The van der Waals surface area contributed by atoms with Gasteiger partial charge in [0.05, 0.1) is 5.41 Å². The molecule has 2 N–H and O–H groups in total. The average molecular weight is 304 g/mol. The number of hydrogen-bond donors (Lipinski definition) is 2. The van der Waals surface area contributed by atoms with E-state index in [1.54, 1.807) is 0 Å². The highest BCUT2D eigenvalue weighted by atomic mass is 16.2. The van der Waals surface area contributed by atoms with Crippen LogP contribution in [-0.4, -0.2) is 10.9 Å². The molecule has 3 aromatic rings. The third kappa shape index (κ3) is 2.42. The molecular weight excluding hydrogens is 284 g/mol. The molecule has 0 spiro atoms. The van der Waals surface area contributed by atoms with Gasteiger partial charge in [0.2, 0.25) is 5.91 Å². The van der Waals surface area contributed by atoms with Crippen LogP contribution in [0.1, 0.15) is 29.5 Å². The number of nitrogens with one attached hydrogen (secondary N) is 2. The van der Waals surface area contributed by atoms with Gasteiger partial charge in [0, 0.05) is 23.6 Å². The Bertz CT molecular complexity index is 874. The number of hydrogen-bond acceptors (Lipinski definition) is 1. The molecule has 3 nitrogen and oxygen atoms in total. The molecule has 0 saturated heterocycles. The maximum atomic E-state index is 12.8. The second kappa shape index (κ2) is 5.27. The Morgan fingerprint density at radius 3 is 2.78 bits per heavy atom. The fourth-order valence-corrected chi connectivity index (χ4v) is 3.38. The summed E-state index contributed by atoms with van der Waals surface area (Å²) in [5.41, 5.74) is 4.25. The summed E-state index contributed by atoms with van der Waals surface area (Å²) >= 11 is 0. The van der Waals surface area contributed by atoms with Crippen molar-refractivity contribution in [2.45, 2.75) is 31.7 Å². The molecule has 2 aromatic carbocycles. The summed E-state index contributed by atoms with van der Waals surface area (Å²) in [6.07, 6.45) is 3.85. The first kappa shape index (κ1) is 14.1. The van der Waals surface area contributed by atoms with Gasteiger partial charge in [-0.3, -0.25) is 4.79 Å². The molecule has 116 valence electrons. The lowest BCUT2D eigenvalue weighted by molar-refractivity contribution is -0.123. The zero-order chi connectivity index (χ0) is 15.9. The molecule has 0 unspecified atom stereocenters. The highest BCUT2D eigenvalue weighted by Gasteiger charge is 2.52. The lowest BCUT2D eigenvalue weighted by Crippen LogP contribution is -2.34. The van der Waals surface area contributed by atoms with E-state index in [9.17, 15) is 4.79 Å². The Balaban J connectivity index is 1.56. The average Bonchev–Trinajstić information content (AvgIpc) is 3.26. The summed E-state index contributed by atoms with van der Waals surface area (Å²) in [7, 11) is 0. The van der Waals surface area contributed by atoms with E-state index in [4.69, 9.17) is 0 Å². The first-order valence-corrected chi connectivity index (χ1v) is 8.09. The number of aromatic nitrogens is 1. The number of fused-ring (bicyclic) bond motifs is 1. The number of amides is 1. The standard InChI is InChI=1S/C20H20N2O/c1-14-5-4-6-15(11-14)12-22-19(23)20(9-10-20)17-13-21-18-8-3-2-7-16(17)18/h2-8,11,13,21H,9-10,12H2,1H3,(H,22,23). The van der Waals surface area contributed by atoms with Crippen molar-refractivity contribution in [1.82, 2.24) is 10.3 Å². The molecule has 23 heavy (non-hydrogen) atoms. The fourth-order valence-electron chi connectivity index (χ4n) is 3.38. The largest absolute Gasteiger partial charge is 0.361 e. The van der Waals surface area contributed by atoms with Gasteiger partial charge in [-0.05, 0) is 37.0 Å². The molecule has 1 aliphatic carbocycles. The van der Waals surface area contributed by atoms with Crippen molar-refractivity contribution < 1.29 is 4.79 Å². The Kier molecular flexibility index (Phi) is 3.22. The van der Waals surface area contributed by atoms with E-state index in [0.717, 1.165) is 34.9 Å². The Labute approximate surface area is 135 Å². The SMILES string of the molecule is Cc1cccc(CNC(=O)C2(c3c[nH]c4ccccc34)CC2)c1. The molecule has 0 atom stereocenters. The van der Waals surface area contributed by atoms with E-state index in [0.29, 0.717) is 6.54 Å². The zero-order valence-electron chi connectivity index (χ0n) is 13.2. The van der Waals surface area contributed by atoms with Crippen LogP contribution < -0.4 is 5.32 Å². The minimum atomic E-state index is -0.344.